The summed E-state index contributed by atoms with van der Waals surface area (Å²) in [6.45, 7) is 8.56. The van der Waals surface area contributed by atoms with Crippen LogP contribution in [0, 0.1) is 11.5 Å². The molecule has 0 saturated carbocycles. The van der Waals surface area contributed by atoms with Gasteiger partial charge in [0.1, 0.15) is 0 Å². The Balaban J connectivity index is 0.00000120. The van der Waals surface area contributed by atoms with Crippen LogP contribution in [0.25, 0.3) is 10.8 Å². The summed E-state index contributed by atoms with van der Waals surface area (Å²) in [5.74, 6) is 0. The van der Waals surface area contributed by atoms with Crippen molar-refractivity contribution in [2.24, 2.45) is 5.41 Å². The van der Waals surface area contributed by atoms with Gasteiger partial charge in [-0.2, -0.15) is 18.2 Å². The summed E-state index contributed by atoms with van der Waals surface area (Å²) in [5.41, 5.74) is 4.55. The molecule has 2 aromatic carbocycles. The molecule has 0 N–H and O–H groups in total. The van der Waals surface area contributed by atoms with E-state index < -0.39 is 0 Å². The Bertz CT molecular complexity index is 608. The normalized spacial score (nSPS) is 16.1. The van der Waals surface area contributed by atoms with Gasteiger partial charge in [0, 0.05) is 0 Å². The Labute approximate surface area is 121 Å². The molecule has 0 unspecified atom stereocenters. The van der Waals surface area contributed by atoms with Gasteiger partial charge in [-0.05, 0) is 11.8 Å². The van der Waals surface area contributed by atoms with Crippen LogP contribution in [0.15, 0.2) is 36.9 Å². The summed E-state index contributed by atoms with van der Waals surface area (Å²) in [6.07, 6.45) is 5.47. The first-order chi connectivity index (χ1) is 8.11. The summed E-state index contributed by atoms with van der Waals surface area (Å²) in [7, 11) is 0. The van der Waals surface area contributed by atoms with E-state index in [2.05, 4.69) is 56.8 Å². The quantitative estimate of drug-likeness (QED) is 0.510. The van der Waals surface area contributed by atoms with Crippen LogP contribution in [-0.2, 0) is 12.8 Å². The molecule has 0 nitrogen and oxygen atoms in total. The van der Waals surface area contributed by atoms with E-state index in [0.29, 0.717) is 5.41 Å². The SMILES string of the molecule is C=[C-]c1c2c(cc3ccccc13)CC(C)(C)C2.[Li+]. The van der Waals surface area contributed by atoms with Gasteiger partial charge in [0.05, 0.1) is 0 Å². The second-order valence-electron chi connectivity index (χ2n) is 5.80. The predicted molar refractivity (Wildman–Crippen MR) is 73.1 cm³/mol. The average molecular weight is 228 g/mol. The Morgan fingerprint density at radius 1 is 1.17 bits per heavy atom. The van der Waals surface area contributed by atoms with Crippen molar-refractivity contribution in [3.05, 3.63) is 59.7 Å². The van der Waals surface area contributed by atoms with E-state index >= 15 is 0 Å². The minimum Gasteiger partial charge on any atom is -0.183 e. The van der Waals surface area contributed by atoms with Crippen molar-refractivity contribution in [3.63, 3.8) is 0 Å². The van der Waals surface area contributed by atoms with E-state index in [4.69, 9.17) is 0 Å². The molecule has 0 bridgehead atoms. The van der Waals surface area contributed by atoms with Crippen molar-refractivity contribution in [2.75, 3.05) is 0 Å². The molecule has 86 valence electrons. The third-order valence-electron chi connectivity index (χ3n) is 3.75. The predicted octanol–water partition coefficient (Wildman–Crippen LogP) is 1.31. The molecule has 0 spiro atoms. The Kier molecular flexibility index (Phi) is 3.45. The van der Waals surface area contributed by atoms with Crippen LogP contribution in [0.2, 0.25) is 0 Å². The number of hydrogen-bond acceptors (Lipinski definition) is 0. The van der Waals surface area contributed by atoms with Gasteiger partial charge in [-0.1, -0.05) is 55.5 Å². The third kappa shape index (κ3) is 2.05. The number of hydrogen-bond donors (Lipinski definition) is 0. The topological polar surface area (TPSA) is 0 Å². The van der Waals surface area contributed by atoms with Gasteiger partial charge in [0.15, 0.2) is 0 Å². The van der Waals surface area contributed by atoms with Gasteiger partial charge in [0.25, 0.3) is 0 Å². The summed E-state index contributed by atoms with van der Waals surface area (Å²) in [5, 5.41) is 2.61. The van der Waals surface area contributed by atoms with E-state index in [1.807, 2.05) is 0 Å². The molecule has 0 fully saturated rings. The largest absolute Gasteiger partial charge is 1.00 e. The summed E-state index contributed by atoms with van der Waals surface area (Å²) < 4.78 is 0. The van der Waals surface area contributed by atoms with E-state index in [-0.39, 0.29) is 18.9 Å². The minimum absolute atomic E-state index is 0. The van der Waals surface area contributed by atoms with Gasteiger partial charge >= 0.3 is 18.9 Å². The molecule has 0 aromatic heterocycles. The van der Waals surface area contributed by atoms with Crippen molar-refractivity contribution in [1.29, 1.82) is 0 Å². The number of fused-ring (bicyclic) bond motifs is 2. The van der Waals surface area contributed by atoms with Gasteiger partial charge < -0.3 is 0 Å². The molecule has 0 radical (unpaired) electrons. The first kappa shape index (κ1) is 13.5. The maximum atomic E-state index is 3.88. The van der Waals surface area contributed by atoms with Crippen LogP contribution in [0.5, 0.6) is 0 Å². The molecule has 0 atom stereocenters. The smallest absolute Gasteiger partial charge is 0.183 e. The zero-order valence-electron chi connectivity index (χ0n) is 11.5. The standard InChI is InChI=1S/C17H17.Li/c1-4-14-15-8-6-5-7-12(15)9-13-10-17(2,3)11-16(13)14;/h5-9H,1,10-11H2,2-3H3;/q-1;+1. The molecular weight excluding hydrogens is 211 g/mol. The fraction of sp³-hybridized carbons (Fsp3) is 0.294. The fourth-order valence-electron chi connectivity index (χ4n) is 3.07. The molecule has 1 aliphatic carbocycles. The number of benzene rings is 2. The van der Waals surface area contributed by atoms with Crippen LogP contribution < -0.4 is 18.9 Å². The molecule has 18 heavy (non-hydrogen) atoms. The molecule has 2 aromatic rings. The van der Waals surface area contributed by atoms with Gasteiger partial charge in [-0.15, -0.1) is 17.0 Å². The molecule has 0 amide bonds. The van der Waals surface area contributed by atoms with Crippen LogP contribution >= 0.6 is 0 Å². The van der Waals surface area contributed by atoms with Crippen molar-refractivity contribution >= 4 is 10.8 Å². The van der Waals surface area contributed by atoms with Crippen LogP contribution in [-0.4, -0.2) is 0 Å². The van der Waals surface area contributed by atoms with Crippen molar-refractivity contribution in [3.8, 4) is 0 Å². The molecule has 0 saturated heterocycles. The minimum atomic E-state index is 0. The van der Waals surface area contributed by atoms with Gasteiger partial charge in [-0.3, -0.25) is 0 Å². The zero-order chi connectivity index (χ0) is 12.0. The molecular formula is C17H17Li. The monoisotopic (exact) mass is 228 g/mol. The molecule has 1 aliphatic rings. The summed E-state index contributed by atoms with van der Waals surface area (Å²) in [4.78, 5) is 0. The van der Waals surface area contributed by atoms with Crippen molar-refractivity contribution in [2.45, 2.75) is 26.7 Å². The van der Waals surface area contributed by atoms with Crippen LogP contribution in [0.4, 0.5) is 0 Å². The maximum absolute atomic E-state index is 3.88. The molecule has 3 rings (SSSR count). The van der Waals surface area contributed by atoms with E-state index in [1.165, 1.54) is 33.9 Å². The Hall–Kier alpha value is -0.963. The van der Waals surface area contributed by atoms with Gasteiger partial charge in [0.2, 0.25) is 0 Å². The zero-order valence-corrected chi connectivity index (χ0v) is 11.5. The van der Waals surface area contributed by atoms with Crippen LogP contribution in [0.3, 0.4) is 0 Å². The van der Waals surface area contributed by atoms with Crippen LogP contribution in [0.1, 0.15) is 30.5 Å². The van der Waals surface area contributed by atoms with E-state index in [9.17, 15) is 0 Å². The second kappa shape index (κ2) is 4.61. The Morgan fingerprint density at radius 2 is 1.89 bits per heavy atom. The first-order valence-electron chi connectivity index (χ1n) is 6.17. The average Bonchev–Trinajstić information content (AvgIpc) is 2.59. The maximum Gasteiger partial charge on any atom is 1.00 e. The van der Waals surface area contributed by atoms with Crippen molar-refractivity contribution in [1.82, 2.24) is 0 Å². The molecule has 0 heterocycles. The molecule has 0 aliphatic heterocycles. The molecule has 1 heteroatoms. The van der Waals surface area contributed by atoms with Gasteiger partial charge in [-0.25, -0.2) is 0 Å². The summed E-state index contributed by atoms with van der Waals surface area (Å²) >= 11 is 0. The number of rotatable bonds is 1. The van der Waals surface area contributed by atoms with Crippen molar-refractivity contribution < 1.29 is 18.9 Å². The van der Waals surface area contributed by atoms with E-state index in [0.717, 1.165) is 6.42 Å². The second-order valence-corrected chi connectivity index (χ2v) is 5.80. The fourth-order valence-corrected chi connectivity index (χ4v) is 3.07. The summed E-state index contributed by atoms with van der Waals surface area (Å²) in [6, 6.07) is 10.9. The van der Waals surface area contributed by atoms with E-state index in [1.54, 1.807) is 0 Å². The Morgan fingerprint density at radius 3 is 2.61 bits per heavy atom. The first-order valence-corrected chi connectivity index (χ1v) is 6.17. The third-order valence-corrected chi connectivity index (χ3v) is 3.75.